The van der Waals surface area contributed by atoms with Crippen LogP contribution in [0.2, 0.25) is 0 Å². The highest BCUT2D eigenvalue weighted by molar-refractivity contribution is 9.10. The molecule has 0 fully saturated rings. The SMILES string of the molecule is CCc1[nH]c(-c2ccsc2)nc(=S)c1Br. The second-order valence-corrected chi connectivity index (χ2v) is 5.01. The van der Waals surface area contributed by atoms with E-state index in [1.54, 1.807) is 11.3 Å². The molecule has 0 bridgehead atoms. The molecule has 1 N–H and O–H groups in total. The summed E-state index contributed by atoms with van der Waals surface area (Å²) in [5, 5.41) is 4.09. The lowest BCUT2D eigenvalue weighted by Gasteiger charge is -2.05. The number of aryl methyl sites for hydroxylation is 1. The number of thiophene rings is 1. The van der Waals surface area contributed by atoms with Gasteiger partial charge in [-0.1, -0.05) is 19.1 Å². The van der Waals surface area contributed by atoms with Gasteiger partial charge in [-0.2, -0.15) is 11.3 Å². The van der Waals surface area contributed by atoms with Crippen LogP contribution in [0.3, 0.4) is 0 Å². The quantitative estimate of drug-likeness (QED) is 0.842. The minimum atomic E-state index is 0.617. The summed E-state index contributed by atoms with van der Waals surface area (Å²) >= 11 is 10.3. The summed E-state index contributed by atoms with van der Waals surface area (Å²) in [4.78, 5) is 7.63. The Hall–Kier alpha value is -0.520. The first-order chi connectivity index (χ1) is 7.22. The molecular formula is C10H9BrN2S2. The van der Waals surface area contributed by atoms with Gasteiger partial charge in [0.25, 0.3) is 0 Å². The zero-order valence-corrected chi connectivity index (χ0v) is 11.3. The van der Waals surface area contributed by atoms with E-state index in [9.17, 15) is 0 Å². The number of H-pyrrole nitrogens is 1. The Balaban J connectivity index is 2.61. The fourth-order valence-electron chi connectivity index (χ4n) is 1.28. The second-order valence-electron chi connectivity index (χ2n) is 3.05. The zero-order valence-electron chi connectivity index (χ0n) is 8.08. The summed E-state index contributed by atoms with van der Waals surface area (Å²) < 4.78 is 1.52. The molecule has 2 rings (SSSR count). The molecule has 0 saturated heterocycles. The maximum absolute atomic E-state index is 5.19. The van der Waals surface area contributed by atoms with Crippen LogP contribution in [0, 0.1) is 4.64 Å². The first-order valence-corrected chi connectivity index (χ1v) is 6.68. The van der Waals surface area contributed by atoms with E-state index in [0.29, 0.717) is 4.64 Å². The van der Waals surface area contributed by atoms with Gasteiger partial charge in [-0.3, -0.25) is 0 Å². The van der Waals surface area contributed by atoms with Crippen molar-refractivity contribution in [2.75, 3.05) is 0 Å². The van der Waals surface area contributed by atoms with Crippen LogP contribution in [0.15, 0.2) is 21.3 Å². The average Bonchev–Trinajstić information content (AvgIpc) is 2.75. The third-order valence-electron chi connectivity index (χ3n) is 2.08. The van der Waals surface area contributed by atoms with Crippen molar-refractivity contribution in [3.05, 3.63) is 31.6 Å². The molecule has 0 unspecified atom stereocenters. The lowest BCUT2D eigenvalue weighted by Crippen LogP contribution is -1.96. The number of aromatic nitrogens is 2. The van der Waals surface area contributed by atoms with Gasteiger partial charge in [0, 0.05) is 16.6 Å². The number of aromatic amines is 1. The largest absolute Gasteiger partial charge is 0.342 e. The average molecular weight is 301 g/mol. The molecule has 2 heterocycles. The van der Waals surface area contributed by atoms with E-state index < -0.39 is 0 Å². The van der Waals surface area contributed by atoms with Crippen molar-refractivity contribution < 1.29 is 0 Å². The number of hydrogen-bond donors (Lipinski definition) is 1. The highest BCUT2D eigenvalue weighted by atomic mass is 79.9. The maximum Gasteiger partial charge on any atom is 0.144 e. The van der Waals surface area contributed by atoms with Crippen molar-refractivity contribution >= 4 is 39.5 Å². The van der Waals surface area contributed by atoms with Crippen LogP contribution in [0.1, 0.15) is 12.6 Å². The monoisotopic (exact) mass is 300 g/mol. The molecule has 5 heteroatoms. The van der Waals surface area contributed by atoms with Crippen molar-refractivity contribution in [1.82, 2.24) is 9.97 Å². The Kier molecular flexibility index (Phi) is 3.33. The Morgan fingerprint density at radius 3 is 3.00 bits per heavy atom. The van der Waals surface area contributed by atoms with Crippen LogP contribution in [0.4, 0.5) is 0 Å². The van der Waals surface area contributed by atoms with E-state index >= 15 is 0 Å². The summed E-state index contributed by atoms with van der Waals surface area (Å²) in [6, 6.07) is 2.03. The fourth-order valence-corrected chi connectivity index (χ4v) is 2.61. The molecular weight excluding hydrogens is 292 g/mol. The van der Waals surface area contributed by atoms with Gasteiger partial charge in [-0.15, -0.1) is 0 Å². The topological polar surface area (TPSA) is 28.7 Å². The number of rotatable bonds is 2. The van der Waals surface area contributed by atoms with Gasteiger partial charge in [0.05, 0.1) is 4.47 Å². The number of nitrogens with zero attached hydrogens (tertiary/aromatic N) is 1. The highest BCUT2D eigenvalue weighted by Crippen LogP contribution is 2.22. The van der Waals surface area contributed by atoms with Gasteiger partial charge in [0.2, 0.25) is 0 Å². The lowest BCUT2D eigenvalue weighted by atomic mass is 10.3. The number of nitrogens with one attached hydrogen (secondary N) is 1. The van der Waals surface area contributed by atoms with Crippen molar-refractivity contribution in [3.8, 4) is 11.4 Å². The first-order valence-electron chi connectivity index (χ1n) is 4.53. The van der Waals surface area contributed by atoms with Gasteiger partial charge in [-0.25, -0.2) is 4.98 Å². The molecule has 2 aromatic rings. The van der Waals surface area contributed by atoms with E-state index in [-0.39, 0.29) is 0 Å². The predicted molar refractivity (Wildman–Crippen MR) is 69.8 cm³/mol. The third kappa shape index (κ3) is 2.19. The van der Waals surface area contributed by atoms with E-state index in [2.05, 4.69) is 38.2 Å². The Labute approximate surface area is 106 Å². The lowest BCUT2D eigenvalue weighted by molar-refractivity contribution is 0.984. The molecule has 0 aliphatic heterocycles. The molecule has 2 aromatic heterocycles. The van der Waals surface area contributed by atoms with Crippen molar-refractivity contribution in [2.24, 2.45) is 0 Å². The van der Waals surface area contributed by atoms with Gasteiger partial charge >= 0.3 is 0 Å². The summed E-state index contributed by atoms with van der Waals surface area (Å²) in [5.41, 5.74) is 2.18. The van der Waals surface area contributed by atoms with Crippen LogP contribution in [-0.4, -0.2) is 9.97 Å². The van der Waals surface area contributed by atoms with Gasteiger partial charge in [-0.05, 0) is 33.8 Å². The van der Waals surface area contributed by atoms with E-state index in [1.807, 2.05) is 11.4 Å². The summed E-state index contributed by atoms with van der Waals surface area (Å²) in [7, 11) is 0. The summed E-state index contributed by atoms with van der Waals surface area (Å²) in [6.45, 7) is 2.09. The predicted octanol–water partition coefficient (Wildman–Crippen LogP) is 4.19. The highest BCUT2D eigenvalue weighted by Gasteiger charge is 2.06. The molecule has 0 spiro atoms. The van der Waals surface area contributed by atoms with Crippen molar-refractivity contribution in [2.45, 2.75) is 13.3 Å². The van der Waals surface area contributed by atoms with Crippen LogP contribution < -0.4 is 0 Å². The molecule has 15 heavy (non-hydrogen) atoms. The van der Waals surface area contributed by atoms with Crippen molar-refractivity contribution in [1.29, 1.82) is 0 Å². The summed E-state index contributed by atoms with van der Waals surface area (Å²) in [5.74, 6) is 0.848. The Morgan fingerprint density at radius 1 is 1.60 bits per heavy atom. The fraction of sp³-hybridized carbons (Fsp3) is 0.200. The van der Waals surface area contributed by atoms with Crippen LogP contribution >= 0.6 is 39.5 Å². The van der Waals surface area contributed by atoms with Gasteiger partial charge < -0.3 is 4.98 Å². The van der Waals surface area contributed by atoms with E-state index in [4.69, 9.17) is 12.2 Å². The molecule has 0 saturated carbocycles. The third-order valence-corrected chi connectivity index (χ3v) is 4.18. The molecule has 0 aliphatic rings. The van der Waals surface area contributed by atoms with Gasteiger partial charge in [0.1, 0.15) is 10.5 Å². The molecule has 0 radical (unpaired) electrons. The van der Waals surface area contributed by atoms with E-state index in [1.165, 1.54) is 0 Å². The minimum Gasteiger partial charge on any atom is -0.342 e. The van der Waals surface area contributed by atoms with E-state index in [0.717, 1.165) is 28.0 Å². The summed E-state index contributed by atoms with van der Waals surface area (Å²) in [6.07, 6.45) is 0.907. The maximum atomic E-state index is 5.19. The molecule has 0 amide bonds. The second kappa shape index (κ2) is 4.55. The molecule has 0 aromatic carbocycles. The minimum absolute atomic E-state index is 0.617. The van der Waals surface area contributed by atoms with Crippen LogP contribution in [0.25, 0.3) is 11.4 Å². The Morgan fingerprint density at radius 2 is 2.40 bits per heavy atom. The smallest absolute Gasteiger partial charge is 0.144 e. The van der Waals surface area contributed by atoms with Crippen LogP contribution in [0.5, 0.6) is 0 Å². The molecule has 0 aliphatic carbocycles. The standard InChI is InChI=1S/C10H9BrN2S2/c1-2-7-8(11)10(14)13-9(12-7)6-3-4-15-5-6/h3-5H,2H2,1H3,(H,12,13,14). The molecule has 2 nitrogen and oxygen atoms in total. The van der Waals surface area contributed by atoms with Gasteiger partial charge in [0.15, 0.2) is 0 Å². The molecule has 78 valence electrons. The van der Waals surface area contributed by atoms with Crippen LogP contribution in [-0.2, 0) is 6.42 Å². The number of hydrogen-bond acceptors (Lipinski definition) is 3. The number of halogens is 1. The first kappa shape index (κ1) is 11.0. The Bertz CT molecular complexity index is 517. The zero-order chi connectivity index (χ0) is 10.8. The van der Waals surface area contributed by atoms with Crippen molar-refractivity contribution in [3.63, 3.8) is 0 Å². The molecule has 0 atom stereocenters. The normalized spacial score (nSPS) is 10.5.